The van der Waals surface area contributed by atoms with Gasteiger partial charge in [0.2, 0.25) is 0 Å². The Bertz CT molecular complexity index is 576. The summed E-state index contributed by atoms with van der Waals surface area (Å²) < 4.78 is 50.2. The normalized spacial score (nSPS) is 11.7. The van der Waals surface area contributed by atoms with Crippen LogP contribution in [0.3, 0.4) is 0 Å². The molecule has 0 aliphatic carbocycles. The van der Waals surface area contributed by atoms with Crippen molar-refractivity contribution in [2.75, 3.05) is 119 Å². The monoisotopic (exact) mass is 777 g/mol. The first-order chi connectivity index (χ1) is 26.9. The molecule has 0 spiro atoms. The molecule has 0 saturated heterocycles. The summed E-state index contributed by atoms with van der Waals surface area (Å²) >= 11 is 0. The molecule has 0 bridgehead atoms. The van der Waals surface area contributed by atoms with Gasteiger partial charge in [-0.25, -0.2) is 0 Å². The predicted octanol–water partition coefficient (Wildman–Crippen LogP) is 10.9. The molecule has 0 atom stereocenters. The number of hydrogen-bond acceptors (Lipinski definition) is 9. The lowest BCUT2D eigenvalue weighted by molar-refractivity contribution is -0.0250. The molecule has 0 rings (SSSR count). The largest absolute Gasteiger partial charge is 0.379 e. The van der Waals surface area contributed by atoms with Crippen LogP contribution in [-0.2, 0) is 42.6 Å². The first-order valence-electron chi connectivity index (χ1n) is 23.1. The van der Waals surface area contributed by atoms with Gasteiger partial charge in [-0.3, -0.25) is 0 Å². The van der Waals surface area contributed by atoms with Crippen LogP contribution in [-0.4, -0.2) is 119 Å². The molecular weight excluding hydrogens is 684 g/mol. The summed E-state index contributed by atoms with van der Waals surface area (Å²) in [6, 6.07) is 0. The minimum absolute atomic E-state index is 0.544. The Hall–Kier alpha value is -0.360. The molecule has 0 aromatic carbocycles. The maximum absolute atomic E-state index is 5.69. The second kappa shape index (κ2) is 52.6. The maximum Gasteiger partial charge on any atom is 0.0701 e. The van der Waals surface area contributed by atoms with E-state index < -0.39 is 0 Å². The van der Waals surface area contributed by atoms with E-state index >= 15 is 0 Å². The van der Waals surface area contributed by atoms with E-state index in [1.807, 2.05) is 0 Å². The van der Waals surface area contributed by atoms with E-state index in [0.717, 1.165) is 26.1 Å². The van der Waals surface area contributed by atoms with E-state index in [0.29, 0.717) is 106 Å². The van der Waals surface area contributed by atoms with Gasteiger partial charge >= 0.3 is 0 Å². The first-order valence-corrected chi connectivity index (χ1v) is 23.1. The van der Waals surface area contributed by atoms with Crippen molar-refractivity contribution in [2.24, 2.45) is 0 Å². The molecule has 0 unspecified atom stereocenters. The number of unbranched alkanes of at least 4 members (excludes halogenated alkanes) is 23. The molecule has 0 aromatic heterocycles. The van der Waals surface area contributed by atoms with E-state index in [1.54, 1.807) is 0 Å². The van der Waals surface area contributed by atoms with Gasteiger partial charge < -0.3 is 42.6 Å². The fourth-order valence-electron chi connectivity index (χ4n) is 6.13. The van der Waals surface area contributed by atoms with Gasteiger partial charge in [0.1, 0.15) is 0 Å². The summed E-state index contributed by atoms with van der Waals surface area (Å²) in [7, 11) is 0. The van der Waals surface area contributed by atoms with Crippen molar-refractivity contribution in [1.82, 2.24) is 0 Å². The summed E-state index contributed by atoms with van der Waals surface area (Å²) in [4.78, 5) is 0. The minimum atomic E-state index is 0.544. The highest BCUT2D eigenvalue weighted by molar-refractivity contribution is 4.50. The summed E-state index contributed by atoms with van der Waals surface area (Å²) in [5.41, 5.74) is 0. The van der Waals surface area contributed by atoms with Crippen molar-refractivity contribution in [3.8, 4) is 0 Å². The van der Waals surface area contributed by atoms with Crippen molar-refractivity contribution >= 4 is 0 Å². The highest BCUT2D eigenvalue weighted by atomic mass is 16.6. The molecule has 0 amide bonds. The highest BCUT2D eigenvalue weighted by Gasteiger charge is 1.98. The van der Waals surface area contributed by atoms with E-state index in [9.17, 15) is 0 Å². The van der Waals surface area contributed by atoms with E-state index in [1.165, 1.54) is 148 Å². The smallest absolute Gasteiger partial charge is 0.0701 e. The predicted molar refractivity (Wildman–Crippen MR) is 224 cm³/mol. The molecular formula is C45H92O9. The Balaban J connectivity index is 3.05. The van der Waals surface area contributed by atoms with Crippen molar-refractivity contribution in [1.29, 1.82) is 0 Å². The van der Waals surface area contributed by atoms with Crippen LogP contribution in [0, 0.1) is 0 Å². The van der Waals surface area contributed by atoms with Crippen LogP contribution in [0.1, 0.15) is 174 Å². The first kappa shape index (κ1) is 53.6. The Labute approximate surface area is 335 Å². The van der Waals surface area contributed by atoms with Crippen molar-refractivity contribution < 1.29 is 42.6 Å². The molecule has 326 valence electrons. The zero-order valence-electron chi connectivity index (χ0n) is 36.1. The zero-order chi connectivity index (χ0) is 38.8. The molecule has 0 N–H and O–H groups in total. The van der Waals surface area contributed by atoms with Gasteiger partial charge in [0.05, 0.1) is 106 Å². The van der Waals surface area contributed by atoms with Gasteiger partial charge in [0.25, 0.3) is 0 Å². The third-order valence-electron chi connectivity index (χ3n) is 9.51. The molecule has 0 aromatic rings. The molecule has 9 heteroatoms. The van der Waals surface area contributed by atoms with Gasteiger partial charge in [-0.05, 0) is 12.8 Å². The summed E-state index contributed by atoms with van der Waals surface area (Å²) in [6.45, 7) is 15.5. The molecule has 0 saturated carbocycles. The Morgan fingerprint density at radius 3 is 0.444 bits per heavy atom. The summed E-state index contributed by atoms with van der Waals surface area (Å²) in [5.74, 6) is 0. The van der Waals surface area contributed by atoms with Crippen molar-refractivity contribution in [2.45, 2.75) is 174 Å². The molecule has 54 heavy (non-hydrogen) atoms. The lowest BCUT2D eigenvalue weighted by Gasteiger charge is -2.09. The molecule has 9 nitrogen and oxygen atoms in total. The Kier molecular flexibility index (Phi) is 52.3. The SMILES string of the molecule is CCCCCCCCCCCCCCCCOCCOCCOCCOCCOCCOCCOCCOCCOCCCCCCCCCCCCC. The van der Waals surface area contributed by atoms with Crippen LogP contribution < -0.4 is 0 Å². The van der Waals surface area contributed by atoms with Gasteiger partial charge in [-0.15, -0.1) is 0 Å². The van der Waals surface area contributed by atoms with E-state index in [2.05, 4.69) is 13.8 Å². The Morgan fingerprint density at radius 1 is 0.148 bits per heavy atom. The van der Waals surface area contributed by atoms with Gasteiger partial charge in [-0.1, -0.05) is 162 Å². The van der Waals surface area contributed by atoms with Crippen LogP contribution in [0.5, 0.6) is 0 Å². The topological polar surface area (TPSA) is 83.1 Å². The van der Waals surface area contributed by atoms with Crippen LogP contribution in [0.25, 0.3) is 0 Å². The van der Waals surface area contributed by atoms with Crippen molar-refractivity contribution in [3.63, 3.8) is 0 Å². The van der Waals surface area contributed by atoms with Crippen LogP contribution in [0.2, 0.25) is 0 Å². The number of hydrogen-bond donors (Lipinski definition) is 0. The van der Waals surface area contributed by atoms with Crippen LogP contribution >= 0.6 is 0 Å². The van der Waals surface area contributed by atoms with Crippen LogP contribution in [0.15, 0.2) is 0 Å². The summed E-state index contributed by atoms with van der Waals surface area (Å²) in [6.07, 6.45) is 34.2. The van der Waals surface area contributed by atoms with Gasteiger partial charge in [-0.2, -0.15) is 0 Å². The molecule has 0 heterocycles. The fraction of sp³-hybridized carbons (Fsp3) is 1.00. The fourth-order valence-corrected chi connectivity index (χ4v) is 6.13. The highest BCUT2D eigenvalue weighted by Crippen LogP contribution is 2.13. The van der Waals surface area contributed by atoms with Gasteiger partial charge in [0, 0.05) is 13.2 Å². The zero-order valence-corrected chi connectivity index (χ0v) is 36.1. The van der Waals surface area contributed by atoms with Gasteiger partial charge in [0.15, 0.2) is 0 Å². The van der Waals surface area contributed by atoms with Crippen molar-refractivity contribution in [3.05, 3.63) is 0 Å². The lowest BCUT2D eigenvalue weighted by Crippen LogP contribution is -2.15. The third kappa shape index (κ3) is 51.6. The lowest BCUT2D eigenvalue weighted by atomic mass is 10.0. The maximum atomic E-state index is 5.69. The molecule has 0 radical (unpaired) electrons. The Morgan fingerprint density at radius 2 is 0.278 bits per heavy atom. The third-order valence-corrected chi connectivity index (χ3v) is 9.51. The molecule has 0 fully saturated rings. The second-order valence-corrected chi connectivity index (χ2v) is 14.6. The number of rotatable bonds is 51. The second-order valence-electron chi connectivity index (χ2n) is 14.6. The van der Waals surface area contributed by atoms with Crippen LogP contribution in [0.4, 0.5) is 0 Å². The molecule has 0 aliphatic heterocycles. The standard InChI is InChI=1S/C45H92O9/c1-3-5-7-9-11-13-15-16-17-19-21-23-25-27-29-47-31-33-49-35-37-51-39-41-53-43-45-54-44-42-52-40-38-50-36-34-48-32-30-46-28-26-24-22-20-18-14-12-10-8-6-4-2/h3-45H2,1-2H3. The number of ether oxygens (including phenoxy) is 9. The minimum Gasteiger partial charge on any atom is -0.379 e. The average molecular weight is 777 g/mol. The van der Waals surface area contributed by atoms with E-state index in [-0.39, 0.29) is 0 Å². The summed E-state index contributed by atoms with van der Waals surface area (Å²) in [5, 5.41) is 0. The molecule has 0 aliphatic rings. The van der Waals surface area contributed by atoms with E-state index in [4.69, 9.17) is 42.6 Å². The quantitative estimate of drug-likeness (QED) is 0.0561. The average Bonchev–Trinajstić information content (AvgIpc) is 3.18.